The molecule has 0 bridgehead atoms. The highest BCUT2D eigenvalue weighted by Gasteiger charge is 2.17. The van der Waals surface area contributed by atoms with E-state index >= 15 is 0 Å². The van der Waals surface area contributed by atoms with E-state index < -0.39 is 10.0 Å². The van der Waals surface area contributed by atoms with Crippen molar-refractivity contribution >= 4 is 43.1 Å². The molecule has 3 aromatic rings. The number of hydrogen-bond acceptors (Lipinski definition) is 5. The van der Waals surface area contributed by atoms with Gasteiger partial charge in [0.15, 0.2) is 5.82 Å². The zero-order chi connectivity index (χ0) is 15.0. The van der Waals surface area contributed by atoms with Crippen molar-refractivity contribution in [1.29, 1.82) is 0 Å². The monoisotopic (exact) mass is 319 g/mol. The quantitative estimate of drug-likeness (QED) is 0.727. The number of fused-ring (bicyclic) bond motifs is 1. The van der Waals surface area contributed by atoms with Gasteiger partial charge in [-0.3, -0.25) is 4.72 Å². The summed E-state index contributed by atoms with van der Waals surface area (Å²) in [7, 11) is -3.67. The zero-order valence-corrected chi connectivity index (χ0v) is 12.8. The molecule has 21 heavy (non-hydrogen) atoms. The van der Waals surface area contributed by atoms with E-state index in [-0.39, 0.29) is 4.90 Å². The number of anilines is 2. The fourth-order valence-electron chi connectivity index (χ4n) is 1.96. The molecule has 0 amide bonds. The number of hydrogen-bond donors (Lipinski definition) is 2. The van der Waals surface area contributed by atoms with Gasteiger partial charge in [-0.2, -0.15) is 4.37 Å². The molecule has 0 saturated carbocycles. The van der Waals surface area contributed by atoms with Gasteiger partial charge in [0.2, 0.25) is 0 Å². The first-order chi connectivity index (χ1) is 9.95. The summed E-state index contributed by atoms with van der Waals surface area (Å²) >= 11 is 1.26. The Kier molecular flexibility index (Phi) is 3.30. The average Bonchev–Trinajstić information content (AvgIpc) is 2.81. The van der Waals surface area contributed by atoms with E-state index in [4.69, 9.17) is 5.73 Å². The summed E-state index contributed by atoms with van der Waals surface area (Å²) in [5.74, 6) is 0.357. The molecule has 0 atom stereocenters. The van der Waals surface area contributed by atoms with Crippen molar-refractivity contribution in [2.45, 2.75) is 11.8 Å². The topological polar surface area (TPSA) is 85.1 Å². The van der Waals surface area contributed by atoms with Crippen molar-refractivity contribution in [2.75, 3.05) is 10.5 Å². The fraction of sp³-hybridized carbons (Fsp3) is 0.0714. The van der Waals surface area contributed by atoms with Crippen molar-refractivity contribution in [1.82, 2.24) is 4.37 Å². The SMILES string of the molecule is Cc1ccc2snc(NS(=O)(=O)c3ccc(N)cc3)c2c1. The van der Waals surface area contributed by atoms with Crippen molar-refractivity contribution in [3.8, 4) is 0 Å². The maximum absolute atomic E-state index is 12.4. The normalized spacial score (nSPS) is 11.7. The van der Waals surface area contributed by atoms with E-state index in [0.717, 1.165) is 15.6 Å². The van der Waals surface area contributed by atoms with Crippen LogP contribution in [-0.2, 0) is 10.0 Å². The molecule has 1 aromatic heterocycles. The van der Waals surface area contributed by atoms with Crippen LogP contribution in [0.25, 0.3) is 10.1 Å². The summed E-state index contributed by atoms with van der Waals surface area (Å²) < 4.78 is 32.4. The molecule has 0 aliphatic carbocycles. The lowest BCUT2D eigenvalue weighted by Crippen LogP contribution is -2.13. The Morgan fingerprint density at radius 2 is 1.86 bits per heavy atom. The van der Waals surface area contributed by atoms with Crippen molar-refractivity contribution in [3.05, 3.63) is 48.0 Å². The van der Waals surface area contributed by atoms with E-state index in [9.17, 15) is 8.42 Å². The second kappa shape index (κ2) is 5.01. The minimum Gasteiger partial charge on any atom is -0.399 e. The first kappa shape index (κ1) is 13.8. The Balaban J connectivity index is 2.01. The molecule has 0 aliphatic heterocycles. The third-order valence-corrected chi connectivity index (χ3v) is 5.23. The van der Waals surface area contributed by atoms with Crippen LogP contribution in [-0.4, -0.2) is 12.8 Å². The van der Waals surface area contributed by atoms with Crippen LogP contribution in [0.4, 0.5) is 11.5 Å². The molecule has 3 rings (SSSR count). The van der Waals surface area contributed by atoms with Gasteiger partial charge in [0.25, 0.3) is 10.0 Å². The molecule has 7 heteroatoms. The van der Waals surface area contributed by atoms with E-state index in [1.165, 1.54) is 23.7 Å². The van der Waals surface area contributed by atoms with E-state index in [1.807, 2.05) is 25.1 Å². The molecule has 0 fully saturated rings. The highest BCUT2D eigenvalue weighted by atomic mass is 32.2. The molecule has 0 spiro atoms. The van der Waals surface area contributed by atoms with Gasteiger partial charge in [-0.1, -0.05) is 11.6 Å². The fourth-order valence-corrected chi connectivity index (χ4v) is 3.76. The Hall–Kier alpha value is -2.12. The molecule has 0 unspecified atom stereocenters. The second-order valence-electron chi connectivity index (χ2n) is 4.71. The van der Waals surface area contributed by atoms with Crippen LogP contribution in [0.15, 0.2) is 47.4 Å². The van der Waals surface area contributed by atoms with Gasteiger partial charge in [-0.05, 0) is 54.9 Å². The molecular weight excluding hydrogens is 306 g/mol. The van der Waals surface area contributed by atoms with Gasteiger partial charge in [-0.25, -0.2) is 8.42 Å². The third-order valence-electron chi connectivity index (χ3n) is 3.05. The summed E-state index contributed by atoms with van der Waals surface area (Å²) in [5, 5.41) is 0.805. The number of aromatic nitrogens is 1. The number of nitrogens with one attached hydrogen (secondary N) is 1. The number of nitrogens with two attached hydrogens (primary N) is 1. The molecular formula is C14H13N3O2S2. The van der Waals surface area contributed by atoms with Crippen LogP contribution in [0, 0.1) is 6.92 Å². The van der Waals surface area contributed by atoms with E-state index in [0.29, 0.717) is 11.5 Å². The van der Waals surface area contributed by atoms with E-state index in [2.05, 4.69) is 9.10 Å². The number of benzene rings is 2. The molecule has 1 heterocycles. The van der Waals surface area contributed by atoms with Gasteiger partial charge >= 0.3 is 0 Å². The highest BCUT2D eigenvalue weighted by Crippen LogP contribution is 2.29. The number of rotatable bonds is 3. The summed E-state index contributed by atoms with van der Waals surface area (Å²) in [5.41, 5.74) is 7.14. The Labute approximate surface area is 126 Å². The first-order valence-corrected chi connectivity index (χ1v) is 8.46. The van der Waals surface area contributed by atoms with Gasteiger partial charge < -0.3 is 5.73 Å². The van der Waals surface area contributed by atoms with Crippen LogP contribution in [0.5, 0.6) is 0 Å². The summed E-state index contributed by atoms with van der Waals surface area (Å²) in [6.45, 7) is 1.95. The third kappa shape index (κ3) is 2.70. The lowest BCUT2D eigenvalue weighted by molar-refractivity contribution is 0.601. The molecule has 0 saturated heterocycles. The van der Waals surface area contributed by atoms with Gasteiger partial charge in [0, 0.05) is 11.1 Å². The second-order valence-corrected chi connectivity index (χ2v) is 7.19. The summed E-state index contributed by atoms with van der Waals surface area (Å²) in [6, 6.07) is 11.9. The van der Waals surface area contributed by atoms with Gasteiger partial charge in [-0.15, -0.1) is 0 Å². The standard InChI is InChI=1S/C14H13N3O2S2/c1-9-2-7-13-12(8-9)14(16-20-13)17-21(18,19)11-5-3-10(15)4-6-11/h2-8H,15H2,1H3,(H,16,17). The minimum atomic E-state index is -3.67. The van der Waals surface area contributed by atoms with Crippen LogP contribution < -0.4 is 10.5 Å². The van der Waals surface area contributed by atoms with Crippen LogP contribution in [0.3, 0.4) is 0 Å². The summed E-state index contributed by atoms with van der Waals surface area (Å²) in [4.78, 5) is 0.158. The Morgan fingerprint density at radius 3 is 2.57 bits per heavy atom. The maximum atomic E-state index is 12.4. The maximum Gasteiger partial charge on any atom is 0.263 e. The van der Waals surface area contributed by atoms with Crippen molar-refractivity contribution < 1.29 is 8.42 Å². The number of sulfonamides is 1. The molecule has 3 N–H and O–H groups in total. The van der Waals surface area contributed by atoms with Crippen LogP contribution >= 0.6 is 11.5 Å². The summed E-state index contributed by atoms with van der Waals surface area (Å²) in [6.07, 6.45) is 0. The van der Waals surface area contributed by atoms with Crippen molar-refractivity contribution in [3.63, 3.8) is 0 Å². The number of nitrogens with zero attached hydrogens (tertiary/aromatic N) is 1. The molecule has 2 aromatic carbocycles. The highest BCUT2D eigenvalue weighted by molar-refractivity contribution is 7.92. The lowest BCUT2D eigenvalue weighted by atomic mass is 10.2. The smallest absolute Gasteiger partial charge is 0.263 e. The Bertz CT molecular complexity index is 900. The molecule has 108 valence electrons. The lowest BCUT2D eigenvalue weighted by Gasteiger charge is -2.06. The largest absolute Gasteiger partial charge is 0.399 e. The zero-order valence-electron chi connectivity index (χ0n) is 11.2. The van der Waals surface area contributed by atoms with Gasteiger partial charge in [0.05, 0.1) is 9.60 Å². The van der Waals surface area contributed by atoms with Gasteiger partial charge in [0.1, 0.15) is 0 Å². The average molecular weight is 319 g/mol. The predicted octanol–water partition coefficient (Wildman–Crippen LogP) is 2.99. The van der Waals surface area contributed by atoms with Crippen molar-refractivity contribution in [2.24, 2.45) is 0 Å². The van der Waals surface area contributed by atoms with Crippen LogP contribution in [0.2, 0.25) is 0 Å². The number of nitrogen functional groups attached to an aromatic ring is 1. The minimum absolute atomic E-state index is 0.158. The van der Waals surface area contributed by atoms with Crippen LogP contribution in [0.1, 0.15) is 5.56 Å². The first-order valence-electron chi connectivity index (χ1n) is 6.20. The molecule has 0 aliphatic rings. The number of aryl methyl sites for hydroxylation is 1. The molecule has 0 radical (unpaired) electrons. The Morgan fingerprint density at radius 1 is 1.14 bits per heavy atom. The molecule has 5 nitrogen and oxygen atoms in total. The predicted molar refractivity (Wildman–Crippen MR) is 86.0 cm³/mol. The van der Waals surface area contributed by atoms with E-state index in [1.54, 1.807) is 12.1 Å².